The summed E-state index contributed by atoms with van der Waals surface area (Å²) in [6.45, 7) is 2.73. The van der Waals surface area contributed by atoms with E-state index in [2.05, 4.69) is 55.6 Å². The first-order chi connectivity index (χ1) is 36.6. The molecule has 0 radical (unpaired) electrons. The second kappa shape index (κ2) is 46.8. The SMILES string of the molecule is CCCC/C=C\CCCCCCCC(=O)NC(COC1OC(CO)C(OC2OC(CO)C(O)C(O)C2O)C(O)C1O)C(O)/C=C/CC/C=C/CC/C=C/CCCCCCCCCCCCCCCCCCCCCC. The van der Waals surface area contributed by atoms with E-state index in [0.29, 0.717) is 12.8 Å². The Kier molecular flexibility index (Phi) is 43.1. The predicted octanol–water partition coefficient (Wildman–Crippen LogP) is 10.4. The molecule has 0 aromatic carbocycles. The number of aliphatic hydroxyl groups excluding tert-OH is 8. The van der Waals surface area contributed by atoms with Gasteiger partial charge in [0.15, 0.2) is 12.6 Å². The van der Waals surface area contributed by atoms with Crippen LogP contribution in [0.15, 0.2) is 48.6 Å². The van der Waals surface area contributed by atoms with Crippen molar-refractivity contribution in [2.75, 3.05) is 19.8 Å². The van der Waals surface area contributed by atoms with Gasteiger partial charge in [-0.2, -0.15) is 0 Å². The molecule has 9 N–H and O–H groups in total. The topological polar surface area (TPSA) is 228 Å². The van der Waals surface area contributed by atoms with Gasteiger partial charge in [0, 0.05) is 6.42 Å². The zero-order valence-corrected chi connectivity index (χ0v) is 47.0. The summed E-state index contributed by atoms with van der Waals surface area (Å²) in [5, 5.41) is 86.9. The Morgan fingerprint density at radius 2 is 0.867 bits per heavy atom. The van der Waals surface area contributed by atoms with Gasteiger partial charge in [-0.15, -0.1) is 0 Å². The predicted molar refractivity (Wildman–Crippen MR) is 300 cm³/mol. The molecule has 0 aromatic rings. The Balaban J connectivity index is 1.71. The minimum Gasteiger partial charge on any atom is -0.394 e. The molecule has 2 rings (SSSR count). The highest BCUT2D eigenvalue weighted by atomic mass is 16.7. The van der Waals surface area contributed by atoms with Crippen molar-refractivity contribution in [3.8, 4) is 0 Å². The molecular formula is C61H111NO13. The fourth-order valence-corrected chi connectivity index (χ4v) is 9.78. The van der Waals surface area contributed by atoms with Crippen LogP contribution in [0.5, 0.6) is 0 Å². The monoisotopic (exact) mass is 1070 g/mol. The summed E-state index contributed by atoms with van der Waals surface area (Å²) in [5.41, 5.74) is 0. The van der Waals surface area contributed by atoms with E-state index >= 15 is 0 Å². The first-order valence-corrected chi connectivity index (χ1v) is 30.4. The number of ether oxygens (including phenoxy) is 4. The van der Waals surface area contributed by atoms with Gasteiger partial charge in [0.05, 0.1) is 32.0 Å². The largest absolute Gasteiger partial charge is 0.394 e. The molecule has 0 aromatic heterocycles. The third-order valence-corrected chi connectivity index (χ3v) is 14.7. The van der Waals surface area contributed by atoms with Crippen LogP contribution in [0.3, 0.4) is 0 Å². The Morgan fingerprint density at radius 3 is 1.35 bits per heavy atom. The number of nitrogens with one attached hydrogen (secondary N) is 1. The van der Waals surface area contributed by atoms with Crippen molar-refractivity contribution in [2.45, 2.75) is 312 Å². The van der Waals surface area contributed by atoms with Gasteiger partial charge in [0.25, 0.3) is 0 Å². The van der Waals surface area contributed by atoms with Crippen LogP contribution in [0, 0.1) is 0 Å². The molecule has 2 aliphatic heterocycles. The number of hydrogen-bond acceptors (Lipinski definition) is 13. The summed E-state index contributed by atoms with van der Waals surface area (Å²) in [6, 6.07) is -0.942. The molecule has 1 amide bonds. The van der Waals surface area contributed by atoms with Gasteiger partial charge in [0.2, 0.25) is 5.91 Å². The van der Waals surface area contributed by atoms with Crippen LogP contribution in [-0.4, -0.2) is 140 Å². The number of amides is 1. The van der Waals surface area contributed by atoms with E-state index in [1.165, 1.54) is 141 Å². The molecule has 0 bridgehead atoms. The van der Waals surface area contributed by atoms with Crippen LogP contribution in [-0.2, 0) is 23.7 Å². The highest BCUT2D eigenvalue weighted by Crippen LogP contribution is 2.30. The lowest BCUT2D eigenvalue weighted by Crippen LogP contribution is -2.65. The van der Waals surface area contributed by atoms with E-state index in [9.17, 15) is 45.6 Å². The van der Waals surface area contributed by atoms with E-state index < -0.39 is 86.8 Å². The maximum absolute atomic E-state index is 13.2. The van der Waals surface area contributed by atoms with E-state index in [0.717, 1.165) is 64.2 Å². The number of carbonyl (C=O) groups is 1. The van der Waals surface area contributed by atoms with E-state index in [4.69, 9.17) is 18.9 Å². The first-order valence-electron chi connectivity index (χ1n) is 30.4. The number of unbranched alkanes of at least 4 members (excludes halogenated alkanes) is 29. The van der Waals surface area contributed by atoms with Gasteiger partial charge >= 0.3 is 0 Å². The number of carbonyl (C=O) groups excluding carboxylic acids is 1. The molecule has 0 aliphatic carbocycles. The molecule has 2 fully saturated rings. The smallest absolute Gasteiger partial charge is 0.220 e. The maximum Gasteiger partial charge on any atom is 0.220 e. The van der Waals surface area contributed by atoms with Crippen LogP contribution in [0.4, 0.5) is 0 Å². The molecule has 12 unspecified atom stereocenters. The molecule has 12 atom stereocenters. The standard InChI is InChI=1S/C61H111NO13/c1-3-5-7-9-11-13-15-16-17-18-19-20-21-22-23-24-25-26-27-28-29-30-31-32-33-35-36-38-40-42-44-50(65)49(62-53(66)45-43-41-39-37-34-14-12-10-8-6-4-2)48-72-60-58(71)56(69)59(52(47-64)74-60)75-61-57(70)55(68)54(67)51(46-63)73-61/h10,12,30-31,35-36,42,44,49-52,54-61,63-65,67-71H,3-9,11,13-29,32-34,37-41,43,45-48H2,1-2H3,(H,62,66)/b12-10-,31-30+,36-35+,44-42+. The molecule has 438 valence electrons. The molecule has 2 heterocycles. The normalized spacial score (nSPS) is 25.4. The van der Waals surface area contributed by atoms with Crippen LogP contribution in [0.2, 0.25) is 0 Å². The zero-order valence-electron chi connectivity index (χ0n) is 47.0. The van der Waals surface area contributed by atoms with Gasteiger partial charge < -0.3 is 65.1 Å². The second-order valence-electron chi connectivity index (χ2n) is 21.5. The molecule has 14 nitrogen and oxygen atoms in total. The average Bonchev–Trinajstić information content (AvgIpc) is 3.41. The molecule has 14 heteroatoms. The lowest BCUT2D eigenvalue weighted by atomic mass is 9.97. The first kappa shape index (κ1) is 69.1. The molecule has 0 spiro atoms. The van der Waals surface area contributed by atoms with Gasteiger partial charge in [-0.3, -0.25) is 4.79 Å². The van der Waals surface area contributed by atoms with E-state index in [-0.39, 0.29) is 18.9 Å². The third kappa shape index (κ3) is 32.6. The Bertz CT molecular complexity index is 1440. The lowest BCUT2D eigenvalue weighted by Gasteiger charge is -2.46. The summed E-state index contributed by atoms with van der Waals surface area (Å²) in [6.07, 6.45) is 41.9. The lowest BCUT2D eigenvalue weighted by molar-refractivity contribution is -0.359. The Labute approximate surface area is 454 Å². The summed E-state index contributed by atoms with van der Waals surface area (Å²) in [7, 11) is 0. The zero-order chi connectivity index (χ0) is 54.6. The molecule has 2 saturated heterocycles. The minimum atomic E-state index is -1.79. The summed E-state index contributed by atoms with van der Waals surface area (Å²) in [4.78, 5) is 13.2. The quantitative estimate of drug-likeness (QED) is 0.0204. The van der Waals surface area contributed by atoms with E-state index in [1.807, 2.05) is 6.08 Å². The molecule has 2 aliphatic rings. The van der Waals surface area contributed by atoms with E-state index in [1.54, 1.807) is 6.08 Å². The number of hydrogen-bond donors (Lipinski definition) is 9. The minimum absolute atomic E-state index is 0.258. The van der Waals surface area contributed by atoms with Crippen LogP contribution < -0.4 is 5.32 Å². The van der Waals surface area contributed by atoms with Crippen LogP contribution >= 0.6 is 0 Å². The summed E-state index contributed by atoms with van der Waals surface area (Å²) < 4.78 is 22.7. The van der Waals surface area contributed by atoms with Gasteiger partial charge in [-0.05, 0) is 64.2 Å². The van der Waals surface area contributed by atoms with Crippen molar-refractivity contribution >= 4 is 5.91 Å². The fourth-order valence-electron chi connectivity index (χ4n) is 9.78. The Morgan fingerprint density at radius 1 is 0.467 bits per heavy atom. The van der Waals surface area contributed by atoms with Crippen molar-refractivity contribution in [1.29, 1.82) is 0 Å². The fraction of sp³-hybridized carbons (Fsp3) is 0.852. The number of allylic oxidation sites excluding steroid dienone is 7. The number of rotatable bonds is 48. The average molecular weight is 1070 g/mol. The van der Waals surface area contributed by atoms with Crippen LogP contribution in [0.1, 0.15) is 239 Å². The van der Waals surface area contributed by atoms with Gasteiger partial charge in [0.1, 0.15) is 48.8 Å². The summed E-state index contributed by atoms with van der Waals surface area (Å²) in [5.74, 6) is -0.265. The molecular weight excluding hydrogens is 955 g/mol. The van der Waals surface area contributed by atoms with Crippen molar-refractivity contribution in [3.05, 3.63) is 48.6 Å². The highest BCUT2D eigenvalue weighted by Gasteiger charge is 2.51. The molecule has 0 saturated carbocycles. The molecule has 75 heavy (non-hydrogen) atoms. The van der Waals surface area contributed by atoms with Crippen LogP contribution in [0.25, 0.3) is 0 Å². The van der Waals surface area contributed by atoms with Crippen molar-refractivity contribution in [1.82, 2.24) is 5.32 Å². The second-order valence-corrected chi connectivity index (χ2v) is 21.5. The van der Waals surface area contributed by atoms with Gasteiger partial charge in [-0.1, -0.05) is 217 Å². The van der Waals surface area contributed by atoms with Gasteiger partial charge in [-0.25, -0.2) is 0 Å². The van der Waals surface area contributed by atoms with Crippen molar-refractivity contribution < 1.29 is 64.6 Å². The third-order valence-electron chi connectivity index (χ3n) is 14.7. The van der Waals surface area contributed by atoms with Crippen molar-refractivity contribution in [3.63, 3.8) is 0 Å². The highest BCUT2D eigenvalue weighted by molar-refractivity contribution is 5.76. The maximum atomic E-state index is 13.2. The number of aliphatic hydroxyl groups is 8. The van der Waals surface area contributed by atoms with Crippen molar-refractivity contribution in [2.24, 2.45) is 0 Å². The summed E-state index contributed by atoms with van der Waals surface area (Å²) >= 11 is 0. The Hall–Kier alpha value is -2.05.